The van der Waals surface area contributed by atoms with E-state index in [1.807, 2.05) is 13.8 Å². The lowest BCUT2D eigenvalue weighted by Crippen LogP contribution is -2.28. The molecule has 1 heterocycles. The molecule has 0 aromatic heterocycles. The Hall–Kier alpha value is -2.38. The van der Waals surface area contributed by atoms with Gasteiger partial charge in [-0.15, -0.1) is 0 Å². The number of Topliss-reactive ketones (excluding diaryl/α,β-unsaturated/α-hetero) is 1. The van der Waals surface area contributed by atoms with Gasteiger partial charge in [-0.05, 0) is 13.8 Å². The van der Waals surface area contributed by atoms with Crippen molar-refractivity contribution < 1.29 is 33.3 Å². The summed E-state index contributed by atoms with van der Waals surface area (Å²) in [6.07, 6.45) is 1.32. The summed E-state index contributed by atoms with van der Waals surface area (Å²) in [5.41, 5.74) is 1.85. The fraction of sp³-hybridized carbons (Fsp3) is 0.474. The Morgan fingerprint density at radius 1 is 1.08 bits per heavy atom. The van der Waals surface area contributed by atoms with E-state index in [2.05, 4.69) is 0 Å². The predicted octanol–water partition coefficient (Wildman–Crippen LogP) is 2.61. The molecular formula is C19H22O7. The van der Waals surface area contributed by atoms with Crippen LogP contribution in [0.2, 0.25) is 0 Å². The van der Waals surface area contributed by atoms with Crippen molar-refractivity contribution in [3.05, 3.63) is 34.1 Å². The molecule has 1 aromatic carbocycles. The third-order valence-corrected chi connectivity index (χ3v) is 4.59. The van der Waals surface area contributed by atoms with Crippen molar-refractivity contribution in [2.75, 3.05) is 28.1 Å². The van der Waals surface area contributed by atoms with Crippen LogP contribution in [-0.4, -0.2) is 45.8 Å². The van der Waals surface area contributed by atoms with E-state index < -0.39 is 5.78 Å². The van der Waals surface area contributed by atoms with Crippen molar-refractivity contribution >= 4 is 11.6 Å². The Bertz CT molecular complexity index is 794. The third-order valence-electron chi connectivity index (χ3n) is 4.59. The summed E-state index contributed by atoms with van der Waals surface area (Å²) < 4.78 is 27.3. The minimum absolute atomic E-state index is 0.0217. The normalized spacial score (nSPS) is 21.7. The maximum absolute atomic E-state index is 12.9. The highest BCUT2D eigenvalue weighted by Crippen LogP contribution is 2.48. The fourth-order valence-electron chi connectivity index (χ4n) is 3.63. The van der Waals surface area contributed by atoms with Crippen molar-refractivity contribution in [2.24, 2.45) is 0 Å². The first kappa shape index (κ1) is 18.4. The third kappa shape index (κ3) is 2.77. The van der Waals surface area contributed by atoms with Crippen LogP contribution in [-0.2, 0) is 20.6 Å². The molecule has 0 radical (unpaired) electrons. The average molecular weight is 362 g/mol. The van der Waals surface area contributed by atoms with Gasteiger partial charge in [-0.25, -0.2) is 0 Å². The van der Waals surface area contributed by atoms with Crippen LogP contribution in [0.4, 0.5) is 0 Å². The first-order valence-electron chi connectivity index (χ1n) is 8.33. The molecule has 140 valence electrons. The van der Waals surface area contributed by atoms with Crippen LogP contribution in [0.5, 0.6) is 11.5 Å². The number of ketones is 2. The Morgan fingerprint density at radius 2 is 1.81 bits per heavy atom. The maximum atomic E-state index is 12.9. The Balaban J connectivity index is 2.36. The molecule has 26 heavy (non-hydrogen) atoms. The zero-order valence-electron chi connectivity index (χ0n) is 15.5. The van der Waals surface area contributed by atoms with E-state index >= 15 is 0 Å². The number of carbonyl (C=O) groups excluding carboxylic acids is 2. The smallest absolute Gasteiger partial charge is 0.232 e. The van der Waals surface area contributed by atoms with Gasteiger partial charge >= 0.3 is 0 Å². The van der Waals surface area contributed by atoms with Crippen molar-refractivity contribution in [1.82, 2.24) is 0 Å². The van der Waals surface area contributed by atoms with Crippen molar-refractivity contribution in [3.8, 4) is 11.5 Å². The Kier molecular flexibility index (Phi) is 5.02. The van der Waals surface area contributed by atoms with E-state index in [1.165, 1.54) is 27.4 Å². The molecule has 0 bridgehead atoms. The number of carbonyl (C=O) groups is 2. The molecule has 0 spiro atoms. The largest absolute Gasteiger partial charge is 0.496 e. The summed E-state index contributed by atoms with van der Waals surface area (Å²) >= 11 is 0. The van der Waals surface area contributed by atoms with Gasteiger partial charge < -0.3 is 23.7 Å². The number of benzene rings is 1. The first-order chi connectivity index (χ1) is 12.4. The number of hydrogen-bond donors (Lipinski definition) is 0. The molecule has 2 atom stereocenters. The van der Waals surface area contributed by atoms with Gasteiger partial charge in [-0.1, -0.05) is 0 Å². The van der Waals surface area contributed by atoms with Gasteiger partial charge in [0.25, 0.3) is 0 Å². The number of ether oxygens (including phenoxy) is 5. The lowest BCUT2D eigenvalue weighted by atomic mass is 9.83. The van der Waals surface area contributed by atoms with E-state index in [-0.39, 0.29) is 41.7 Å². The summed E-state index contributed by atoms with van der Waals surface area (Å²) in [6.45, 7) is 3.77. The maximum Gasteiger partial charge on any atom is 0.232 e. The van der Waals surface area contributed by atoms with E-state index in [9.17, 15) is 9.59 Å². The lowest BCUT2D eigenvalue weighted by Gasteiger charge is -2.33. The van der Waals surface area contributed by atoms with Gasteiger partial charge in [-0.2, -0.15) is 0 Å². The SMILES string of the molecule is COCOc1c2c(c(OC)c3c1[C@@H](C)O[C@@H](C)C3)C(=O)C(OC)=CC2=O. The molecule has 0 fully saturated rings. The summed E-state index contributed by atoms with van der Waals surface area (Å²) in [5, 5.41) is 0. The van der Waals surface area contributed by atoms with Crippen LogP contribution in [0.1, 0.15) is 51.8 Å². The minimum Gasteiger partial charge on any atom is -0.496 e. The van der Waals surface area contributed by atoms with Gasteiger partial charge in [0.15, 0.2) is 18.3 Å². The van der Waals surface area contributed by atoms with Crippen molar-refractivity contribution in [3.63, 3.8) is 0 Å². The van der Waals surface area contributed by atoms with Crippen LogP contribution in [0.25, 0.3) is 0 Å². The molecule has 0 unspecified atom stereocenters. The zero-order chi connectivity index (χ0) is 19.0. The standard InChI is InChI=1S/C19H22O7/c1-9-6-11-14(10(2)26-9)19(25-8-22-3)15-12(20)7-13(23-4)17(21)16(15)18(11)24-5/h7,9-10H,6,8H2,1-5H3/t9-,10+/m0/s1. The quantitative estimate of drug-likeness (QED) is 0.745. The van der Waals surface area contributed by atoms with E-state index in [4.69, 9.17) is 23.7 Å². The molecule has 2 aliphatic rings. The summed E-state index contributed by atoms with van der Waals surface area (Å²) in [7, 11) is 4.33. The lowest BCUT2D eigenvalue weighted by molar-refractivity contribution is -0.0105. The molecule has 7 nitrogen and oxygen atoms in total. The van der Waals surface area contributed by atoms with Crippen LogP contribution < -0.4 is 9.47 Å². The second-order valence-electron chi connectivity index (χ2n) is 6.25. The monoisotopic (exact) mass is 362 g/mol. The highest BCUT2D eigenvalue weighted by atomic mass is 16.7. The molecule has 3 rings (SSSR count). The van der Waals surface area contributed by atoms with Crippen molar-refractivity contribution in [1.29, 1.82) is 0 Å². The van der Waals surface area contributed by atoms with Crippen LogP contribution in [0, 0.1) is 0 Å². The average Bonchev–Trinajstić information content (AvgIpc) is 2.61. The van der Waals surface area contributed by atoms with E-state index in [0.717, 1.165) is 5.56 Å². The number of allylic oxidation sites excluding steroid dienone is 2. The van der Waals surface area contributed by atoms with Gasteiger partial charge in [0.05, 0.1) is 37.6 Å². The van der Waals surface area contributed by atoms with Crippen LogP contribution in [0.3, 0.4) is 0 Å². The van der Waals surface area contributed by atoms with E-state index in [0.29, 0.717) is 23.5 Å². The molecule has 1 aliphatic carbocycles. The van der Waals surface area contributed by atoms with Gasteiger partial charge in [0, 0.05) is 30.7 Å². The molecule has 0 saturated carbocycles. The molecule has 0 amide bonds. The number of methoxy groups -OCH3 is 3. The predicted molar refractivity (Wildman–Crippen MR) is 91.9 cm³/mol. The summed E-state index contributed by atoms with van der Waals surface area (Å²) in [4.78, 5) is 25.7. The highest BCUT2D eigenvalue weighted by molar-refractivity contribution is 6.26. The Morgan fingerprint density at radius 3 is 2.42 bits per heavy atom. The molecule has 0 saturated heterocycles. The zero-order valence-corrected chi connectivity index (χ0v) is 15.5. The molecular weight excluding hydrogens is 340 g/mol. The van der Waals surface area contributed by atoms with E-state index in [1.54, 1.807) is 0 Å². The second kappa shape index (κ2) is 7.09. The number of fused-ring (bicyclic) bond motifs is 2. The van der Waals surface area contributed by atoms with Gasteiger partial charge in [0.2, 0.25) is 5.78 Å². The van der Waals surface area contributed by atoms with Crippen molar-refractivity contribution in [2.45, 2.75) is 32.5 Å². The molecule has 1 aromatic rings. The minimum atomic E-state index is -0.407. The van der Waals surface area contributed by atoms with Crippen LogP contribution in [0.15, 0.2) is 11.8 Å². The Labute approximate surface area is 151 Å². The summed E-state index contributed by atoms with van der Waals surface area (Å²) in [6, 6.07) is 0. The van der Waals surface area contributed by atoms with Gasteiger partial charge in [0.1, 0.15) is 11.5 Å². The molecule has 7 heteroatoms. The molecule has 1 aliphatic heterocycles. The molecule has 0 N–H and O–H groups in total. The highest BCUT2D eigenvalue weighted by Gasteiger charge is 2.40. The van der Waals surface area contributed by atoms with Crippen LogP contribution >= 0.6 is 0 Å². The summed E-state index contributed by atoms with van der Waals surface area (Å²) in [5.74, 6) is -0.124. The fourth-order valence-corrected chi connectivity index (χ4v) is 3.63. The number of rotatable bonds is 5. The first-order valence-corrected chi connectivity index (χ1v) is 8.33. The topological polar surface area (TPSA) is 80.3 Å². The van der Waals surface area contributed by atoms with Gasteiger partial charge in [-0.3, -0.25) is 9.59 Å². The number of hydrogen-bond acceptors (Lipinski definition) is 7. The second-order valence-corrected chi connectivity index (χ2v) is 6.25.